The van der Waals surface area contributed by atoms with Gasteiger partial charge in [0.1, 0.15) is 5.75 Å². The highest BCUT2D eigenvalue weighted by Gasteiger charge is 2.30. The van der Waals surface area contributed by atoms with Gasteiger partial charge >= 0.3 is 0 Å². The zero-order valence-corrected chi connectivity index (χ0v) is 14.1. The summed E-state index contributed by atoms with van der Waals surface area (Å²) in [5.74, 6) is 1.80. The molecule has 0 bridgehead atoms. The summed E-state index contributed by atoms with van der Waals surface area (Å²) in [6.45, 7) is 4.13. The average molecular weight is 311 g/mol. The predicted octanol–water partition coefficient (Wildman–Crippen LogP) is 2.40. The second-order valence-corrected chi connectivity index (χ2v) is 8.20. The molecule has 0 aromatic heterocycles. The average Bonchev–Trinajstić information content (AvgIpc) is 2.78. The van der Waals surface area contributed by atoms with Gasteiger partial charge < -0.3 is 10.1 Å². The van der Waals surface area contributed by atoms with Crippen molar-refractivity contribution >= 4 is 9.84 Å². The summed E-state index contributed by atoms with van der Waals surface area (Å²) in [6, 6.07) is 4.31. The Morgan fingerprint density at radius 2 is 2.10 bits per heavy atom. The molecule has 5 heteroatoms. The number of hydrogen-bond acceptors (Lipinski definition) is 4. The van der Waals surface area contributed by atoms with Gasteiger partial charge in [0, 0.05) is 11.6 Å². The Labute approximate surface area is 127 Å². The molecule has 0 spiro atoms. The largest absolute Gasteiger partial charge is 0.496 e. The van der Waals surface area contributed by atoms with Crippen molar-refractivity contribution in [2.24, 2.45) is 5.92 Å². The van der Waals surface area contributed by atoms with E-state index in [9.17, 15) is 8.42 Å². The smallest absolute Gasteiger partial charge is 0.150 e. The Balaban J connectivity index is 2.24. The summed E-state index contributed by atoms with van der Waals surface area (Å²) in [5, 5.41) is 3.32. The standard InChI is InChI=1S/C16H25NO3S/c1-11-5-6-14(16(20-4)12(11)2)15(17-3)9-13-7-8-21(18,19)10-13/h5-6,13,15,17H,7-10H2,1-4H3. The molecule has 0 amide bonds. The minimum absolute atomic E-state index is 0.123. The highest BCUT2D eigenvalue weighted by Crippen LogP contribution is 2.35. The molecule has 21 heavy (non-hydrogen) atoms. The Morgan fingerprint density at radius 3 is 2.62 bits per heavy atom. The van der Waals surface area contributed by atoms with Crippen molar-refractivity contribution in [2.45, 2.75) is 32.7 Å². The van der Waals surface area contributed by atoms with Crippen LogP contribution in [-0.2, 0) is 9.84 Å². The van der Waals surface area contributed by atoms with Gasteiger partial charge in [-0.25, -0.2) is 8.42 Å². The number of benzene rings is 1. The number of ether oxygens (including phenoxy) is 1. The van der Waals surface area contributed by atoms with Gasteiger partial charge in [-0.3, -0.25) is 0 Å². The summed E-state index contributed by atoms with van der Waals surface area (Å²) in [6.07, 6.45) is 1.60. The first-order valence-electron chi connectivity index (χ1n) is 7.39. The summed E-state index contributed by atoms with van der Waals surface area (Å²) in [7, 11) is 0.791. The van der Waals surface area contributed by atoms with Crippen LogP contribution in [0.3, 0.4) is 0 Å². The van der Waals surface area contributed by atoms with Crippen molar-refractivity contribution in [1.82, 2.24) is 5.32 Å². The monoisotopic (exact) mass is 311 g/mol. The first kappa shape index (κ1) is 16.3. The molecule has 1 heterocycles. The molecule has 1 aromatic carbocycles. The van der Waals surface area contributed by atoms with Crippen molar-refractivity contribution in [3.05, 3.63) is 28.8 Å². The maximum atomic E-state index is 11.6. The van der Waals surface area contributed by atoms with Crippen LogP contribution in [0.5, 0.6) is 5.75 Å². The topological polar surface area (TPSA) is 55.4 Å². The molecule has 1 aliphatic heterocycles. The van der Waals surface area contributed by atoms with E-state index in [-0.39, 0.29) is 12.0 Å². The Morgan fingerprint density at radius 1 is 1.38 bits per heavy atom. The molecule has 2 atom stereocenters. The van der Waals surface area contributed by atoms with E-state index in [2.05, 4.69) is 31.3 Å². The van der Waals surface area contributed by atoms with Crippen molar-refractivity contribution < 1.29 is 13.2 Å². The van der Waals surface area contributed by atoms with E-state index >= 15 is 0 Å². The molecular weight excluding hydrogens is 286 g/mol. The number of rotatable bonds is 5. The van der Waals surface area contributed by atoms with Gasteiger partial charge in [0.25, 0.3) is 0 Å². The summed E-state index contributed by atoms with van der Waals surface area (Å²) < 4.78 is 28.8. The number of nitrogens with one attached hydrogen (secondary N) is 1. The molecule has 1 saturated heterocycles. The van der Waals surface area contributed by atoms with Gasteiger partial charge in [0.2, 0.25) is 0 Å². The zero-order chi connectivity index (χ0) is 15.6. The molecule has 4 nitrogen and oxygen atoms in total. The quantitative estimate of drug-likeness (QED) is 0.907. The SMILES string of the molecule is CNC(CC1CCS(=O)(=O)C1)c1ccc(C)c(C)c1OC. The van der Waals surface area contributed by atoms with Crippen LogP contribution < -0.4 is 10.1 Å². The number of hydrogen-bond donors (Lipinski definition) is 1. The fourth-order valence-corrected chi connectivity index (χ4v) is 5.03. The highest BCUT2D eigenvalue weighted by atomic mass is 32.2. The minimum atomic E-state index is -2.82. The van der Waals surface area contributed by atoms with E-state index in [1.54, 1.807) is 7.11 Å². The molecule has 118 valence electrons. The van der Waals surface area contributed by atoms with Gasteiger partial charge in [0.15, 0.2) is 9.84 Å². The first-order valence-corrected chi connectivity index (χ1v) is 9.22. The van der Waals surface area contributed by atoms with Crippen LogP contribution in [0.4, 0.5) is 0 Å². The maximum Gasteiger partial charge on any atom is 0.150 e. The molecule has 0 radical (unpaired) electrons. The van der Waals surface area contributed by atoms with Gasteiger partial charge in [0.05, 0.1) is 18.6 Å². The number of methoxy groups -OCH3 is 1. The lowest BCUT2D eigenvalue weighted by Crippen LogP contribution is -2.21. The van der Waals surface area contributed by atoms with Gasteiger partial charge in [-0.15, -0.1) is 0 Å². The van der Waals surface area contributed by atoms with E-state index in [0.717, 1.165) is 29.7 Å². The lowest BCUT2D eigenvalue weighted by atomic mass is 9.91. The third-order valence-corrected chi connectivity index (χ3v) is 6.37. The molecule has 2 unspecified atom stereocenters. The van der Waals surface area contributed by atoms with Crippen LogP contribution in [-0.4, -0.2) is 34.1 Å². The predicted molar refractivity (Wildman–Crippen MR) is 85.6 cm³/mol. The van der Waals surface area contributed by atoms with Crippen LogP contribution in [0.15, 0.2) is 12.1 Å². The molecule has 1 N–H and O–H groups in total. The minimum Gasteiger partial charge on any atom is -0.496 e. The number of sulfone groups is 1. The Bertz CT molecular complexity index is 610. The van der Waals surface area contributed by atoms with Crippen LogP contribution in [0, 0.1) is 19.8 Å². The van der Waals surface area contributed by atoms with Gasteiger partial charge in [-0.2, -0.15) is 0 Å². The van der Waals surface area contributed by atoms with Crippen LogP contribution in [0.1, 0.15) is 35.6 Å². The molecule has 0 saturated carbocycles. The maximum absolute atomic E-state index is 11.6. The van der Waals surface area contributed by atoms with E-state index in [0.29, 0.717) is 11.5 Å². The highest BCUT2D eigenvalue weighted by molar-refractivity contribution is 7.91. The van der Waals surface area contributed by atoms with E-state index in [1.165, 1.54) is 5.56 Å². The van der Waals surface area contributed by atoms with Crippen molar-refractivity contribution in [1.29, 1.82) is 0 Å². The van der Waals surface area contributed by atoms with E-state index < -0.39 is 9.84 Å². The Kier molecular flexibility index (Phi) is 4.94. The molecule has 1 aliphatic rings. The zero-order valence-electron chi connectivity index (χ0n) is 13.3. The molecule has 1 aromatic rings. The van der Waals surface area contributed by atoms with Crippen molar-refractivity contribution in [2.75, 3.05) is 25.7 Å². The third-order valence-electron chi connectivity index (χ3n) is 4.53. The second kappa shape index (κ2) is 6.36. The summed E-state index contributed by atoms with van der Waals surface area (Å²) in [5.41, 5.74) is 3.47. The summed E-state index contributed by atoms with van der Waals surface area (Å²) in [4.78, 5) is 0. The molecule has 0 aliphatic carbocycles. The Hall–Kier alpha value is -1.07. The van der Waals surface area contributed by atoms with Crippen molar-refractivity contribution in [3.63, 3.8) is 0 Å². The first-order chi connectivity index (χ1) is 9.88. The lowest BCUT2D eigenvalue weighted by Gasteiger charge is -2.23. The van der Waals surface area contributed by atoms with Crippen LogP contribution >= 0.6 is 0 Å². The van der Waals surface area contributed by atoms with Crippen LogP contribution in [0.25, 0.3) is 0 Å². The summed E-state index contributed by atoms with van der Waals surface area (Å²) >= 11 is 0. The fraction of sp³-hybridized carbons (Fsp3) is 0.625. The van der Waals surface area contributed by atoms with E-state index in [1.807, 2.05) is 7.05 Å². The molecule has 1 fully saturated rings. The number of aryl methyl sites for hydroxylation is 1. The van der Waals surface area contributed by atoms with Gasteiger partial charge in [-0.1, -0.05) is 12.1 Å². The molecular formula is C16H25NO3S. The van der Waals surface area contributed by atoms with Crippen LogP contribution in [0.2, 0.25) is 0 Å². The van der Waals surface area contributed by atoms with Crippen molar-refractivity contribution in [3.8, 4) is 5.75 Å². The van der Waals surface area contributed by atoms with E-state index in [4.69, 9.17) is 4.74 Å². The fourth-order valence-electron chi connectivity index (χ4n) is 3.15. The third kappa shape index (κ3) is 3.58. The lowest BCUT2D eigenvalue weighted by molar-refractivity contribution is 0.382. The molecule has 2 rings (SSSR count). The second-order valence-electron chi connectivity index (χ2n) is 5.98. The van der Waals surface area contributed by atoms with Gasteiger partial charge in [-0.05, 0) is 50.8 Å². The normalized spacial score (nSPS) is 22.2.